The van der Waals surface area contributed by atoms with Crippen LogP contribution in [0.5, 0.6) is 17.2 Å². The maximum Gasteiger partial charge on any atom is 0.345 e. The molecule has 0 spiro atoms. The fourth-order valence-electron chi connectivity index (χ4n) is 4.97. The van der Waals surface area contributed by atoms with Crippen LogP contribution in [-0.2, 0) is 16.6 Å². The molecular weight excluding hydrogens is 584 g/mol. The van der Waals surface area contributed by atoms with Gasteiger partial charge in [0.25, 0.3) is 0 Å². The Bertz CT molecular complexity index is 1540. The molecule has 5 rings (SSSR count). The Morgan fingerprint density at radius 3 is 2.39 bits per heavy atom. The van der Waals surface area contributed by atoms with Crippen molar-refractivity contribution >= 4 is 33.3 Å². The van der Waals surface area contributed by atoms with Crippen LogP contribution in [-0.4, -0.2) is 82.3 Å². The van der Waals surface area contributed by atoms with Crippen molar-refractivity contribution in [3.8, 4) is 17.2 Å². The number of phenolic OH excluding ortho intramolecular Hbond substituents is 1. The number of methoxy groups -OCH3 is 1. The fraction of sp³-hybridized carbons (Fsp3) is 0.355. The topological polar surface area (TPSA) is 157 Å². The van der Waals surface area contributed by atoms with Gasteiger partial charge in [-0.05, 0) is 85.5 Å². The van der Waals surface area contributed by atoms with E-state index >= 15 is 0 Å². The lowest BCUT2D eigenvalue weighted by Crippen LogP contribution is -2.45. The normalized spacial score (nSPS) is 18.0. The van der Waals surface area contributed by atoms with E-state index in [1.54, 1.807) is 31.4 Å². The maximum atomic E-state index is 12.1. The van der Waals surface area contributed by atoms with Crippen LogP contribution in [0.25, 0.3) is 0 Å². The number of hydrogen-bond donors (Lipinski definition) is 5. The van der Waals surface area contributed by atoms with Crippen molar-refractivity contribution < 1.29 is 28.1 Å². The van der Waals surface area contributed by atoms with Crippen LogP contribution in [0.4, 0.5) is 11.4 Å². The molecule has 234 valence electrons. The van der Waals surface area contributed by atoms with Crippen LogP contribution in [0, 0.1) is 0 Å². The largest absolute Gasteiger partial charge is 0.508 e. The second kappa shape index (κ2) is 14.4. The maximum absolute atomic E-state index is 12.1. The highest BCUT2D eigenvalue weighted by Crippen LogP contribution is 2.23. The number of phenols is 1. The van der Waals surface area contributed by atoms with Crippen molar-refractivity contribution in [1.82, 2.24) is 10.0 Å². The molecule has 3 aromatic carbocycles. The first-order valence-electron chi connectivity index (χ1n) is 14.5. The molecule has 2 aliphatic heterocycles. The van der Waals surface area contributed by atoms with Crippen molar-refractivity contribution in [3.05, 3.63) is 78.4 Å². The number of aliphatic hydroxyl groups is 1. The van der Waals surface area contributed by atoms with Gasteiger partial charge in [0.2, 0.25) is 0 Å². The molecule has 12 nitrogen and oxygen atoms in total. The van der Waals surface area contributed by atoms with Crippen LogP contribution < -0.4 is 29.7 Å². The number of benzene rings is 3. The van der Waals surface area contributed by atoms with E-state index in [-0.39, 0.29) is 24.0 Å². The predicted octanol–water partition coefficient (Wildman–Crippen LogP) is 2.70. The Hall–Kier alpha value is -4.33. The van der Waals surface area contributed by atoms with E-state index in [4.69, 9.17) is 9.47 Å². The van der Waals surface area contributed by atoms with Crippen LogP contribution in [0.1, 0.15) is 18.4 Å². The quantitative estimate of drug-likeness (QED) is 0.205. The summed E-state index contributed by atoms with van der Waals surface area (Å²) >= 11 is 0. The van der Waals surface area contributed by atoms with Gasteiger partial charge in [-0.2, -0.15) is 8.42 Å². The second-order valence-corrected chi connectivity index (χ2v) is 12.0. The number of amidine groups is 2. The fourth-order valence-corrected chi connectivity index (χ4v) is 5.79. The summed E-state index contributed by atoms with van der Waals surface area (Å²) in [7, 11) is -2.23. The number of anilines is 2. The number of aromatic hydroxyl groups is 1. The first-order valence-corrected chi connectivity index (χ1v) is 16.0. The number of aliphatic hydroxyl groups excluding tert-OH is 1. The summed E-state index contributed by atoms with van der Waals surface area (Å²) < 4.78 is 41.2. The minimum Gasteiger partial charge on any atom is -0.508 e. The minimum atomic E-state index is -3.84. The third kappa shape index (κ3) is 8.85. The van der Waals surface area contributed by atoms with Gasteiger partial charge in [0.05, 0.1) is 7.11 Å². The van der Waals surface area contributed by atoms with Gasteiger partial charge in [0, 0.05) is 43.6 Å². The Labute approximate surface area is 257 Å². The van der Waals surface area contributed by atoms with E-state index in [9.17, 15) is 18.6 Å². The first kappa shape index (κ1) is 31.1. The monoisotopic (exact) mass is 622 g/mol. The molecule has 2 aliphatic rings. The highest BCUT2D eigenvalue weighted by atomic mass is 32.2. The molecule has 0 unspecified atom stereocenters. The van der Waals surface area contributed by atoms with Crippen molar-refractivity contribution in [2.75, 3.05) is 50.1 Å². The molecule has 0 aromatic heterocycles. The highest BCUT2D eigenvalue weighted by Gasteiger charge is 2.26. The lowest BCUT2D eigenvalue weighted by Gasteiger charge is -2.34. The van der Waals surface area contributed by atoms with E-state index in [2.05, 4.69) is 29.6 Å². The molecule has 0 aliphatic carbocycles. The van der Waals surface area contributed by atoms with Crippen LogP contribution in [0.15, 0.2) is 82.2 Å². The standard InChI is InChI=1S/C31H38N6O6S/c1-42-28-10-2-22(3-11-28)14-17-32-30-31(36-44(40,41)35-30)34-24-4-6-25(7-5-24)37-18-15-23(16-19-37)33-20-27(39)21-43-29-12-8-26(38)9-13-29/h2-13,23,27,33,38-39H,14-21H2,1H3,(H,32,35)(H,34,36)/t27-/m0/s1. The van der Waals surface area contributed by atoms with Gasteiger partial charge in [0.15, 0.2) is 11.7 Å². The van der Waals surface area contributed by atoms with Crippen LogP contribution in [0.2, 0.25) is 0 Å². The molecule has 3 aromatic rings. The Morgan fingerprint density at radius 1 is 1.02 bits per heavy atom. The number of hydrogen-bond acceptors (Lipinski definition) is 10. The van der Waals surface area contributed by atoms with E-state index < -0.39 is 16.3 Å². The molecule has 1 fully saturated rings. The van der Waals surface area contributed by atoms with Gasteiger partial charge in [-0.15, -0.1) is 4.40 Å². The van der Waals surface area contributed by atoms with Crippen molar-refractivity contribution in [2.24, 2.45) is 9.39 Å². The van der Waals surface area contributed by atoms with Crippen LogP contribution >= 0.6 is 0 Å². The minimum absolute atomic E-state index is 0.162. The van der Waals surface area contributed by atoms with E-state index in [0.717, 1.165) is 42.9 Å². The molecular formula is C31H38N6O6S. The molecule has 0 radical (unpaired) electrons. The molecule has 5 N–H and O–H groups in total. The van der Waals surface area contributed by atoms with E-state index in [1.807, 2.05) is 48.5 Å². The number of ether oxygens (including phenoxy) is 2. The molecule has 0 bridgehead atoms. The lowest BCUT2D eigenvalue weighted by molar-refractivity contribution is 0.102. The smallest absolute Gasteiger partial charge is 0.345 e. The molecule has 1 saturated heterocycles. The molecule has 13 heteroatoms. The average Bonchev–Trinajstić information content (AvgIpc) is 3.33. The number of nitrogens with zero attached hydrogens (tertiary/aromatic N) is 3. The van der Waals surface area contributed by atoms with Gasteiger partial charge in [0.1, 0.15) is 30.0 Å². The average molecular weight is 623 g/mol. The van der Waals surface area contributed by atoms with Gasteiger partial charge >= 0.3 is 10.2 Å². The van der Waals surface area contributed by atoms with Gasteiger partial charge in [-0.3, -0.25) is 4.99 Å². The van der Waals surface area contributed by atoms with Gasteiger partial charge in [-0.25, -0.2) is 4.72 Å². The zero-order valence-electron chi connectivity index (χ0n) is 24.5. The Morgan fingerprint density at radius 2 is 1.70 bits per heavy atom. The number of aliphatic imine (C=N–C) groups is 1. The summed E-state index contributed by atoms with van der Waals surface area (Å²) in [6.45, 7) is 2.73. The molecule has 0 saturated carbocycles. The lowest BCUT2D eigenvalue weighted by atomic mass is 10.0. The van der Waals surface area contributed by atoms with Crippen molar-refractivity contribution in [2.45, 2.75) is 31.4 Å². The zero-order chi connectivity index (χ0) is 30.9. The summed E-state index contributed by atoms with van der Waals surface area (Å²) in [4.78, 5) is 6.75. The molecule has 1 atom stereocenters. The van der Waals surface area contributed by atoms with Crippen LogP contribution in [0.3, 0.4) is 0 Å². The molecule has 2 heterocycles. The number of rotatable bonds is 12. The SMILES string of the molecule is COc1ccc(CCN=C2NS(=O)(=O)N=C2Nc2ccc(N3CCC(NC[C@H](O)COc4ccc(O)cc4)CC3)cc2)cc1. The zero-order valence-corrected chi connectivity index (χ0v) is 25.3. The Balaban J connectivity index is 1.06. The first-order chi connectivity index (χ1) is 21.3. The Kier molecular flexibility index (Phi) is 10.2. The van der Waals surface area contributed by atoms with E-state index in [0.29, 0.717) is 37.0 Å². The summed E-state index contributed by atoms with van der Waals surface area (Å²) in [5.74, 6) is 1.90. The predicted molar refractivity (Wildman–Crippen MR) is 171 cm³/mol. The second-order valence-electron chi connectivity index (χ2n) is 10.6. The summed E-state index contributed by atoms with van der Waals surface area (Å²) in [6.07, 6.45) is 1.86. The van der Waals surface area contributed by atoms with Crippen molar-refractivity contribution in [3.63, 3.8) is 0 Å². The third-order valence-corrected chi connectivity index (χ3v) is 8.28. The molecule has 44 heavy (non-hydrogen) atoms. The summed E-state index contributed by atoms with van der Waals surface area (Å²) in [5.41, 5.74) is 2.84. The third-order valence-electron chi connectivity index (χ3n) is 7.40. The summed E-state index contributed by atoms with van der Waals surface area (Å²) in [5, 5.41) is 26.2. The summed E-state index contributed by atoms with van der Waals surface area (Å²) in [6, 6.07) is 22.2. The number of nitrogens with one attached hydrogen (secondary N) is 3. The highest BCUT2D eigenvalue weighted by molar-refractivity contribution is 7.89. The van der Waals surface area contributed by atoms with Gasteiger partial charge < -0.3 is 35.2 Å². The van der Waals surface area contributed by atoms with E-state index in [1.165, 1.54) is 0 Å². The number of piperidine rings is 1. The molecule has 0 amide bonds. The van der Waals surface area contributed by atoms with Gasteiger partial charge in [-0.1, -0.05) is 12.1 Å². The van der Waals surface area contributed by atoms with Crippen molar-refractivity contribution in [1.29, 1.82) is 0 Å².